The third kappa shape index (κ3) is 3.72. The Morgan fingerprint density at radius 3 is 2.54 bits per heavy atom. The highest BCUT2D eigenvalue weighted by atomic mass is 79.9. The quantitative estimate of drug-likeness (QED) is 0.563. The lowest BCUT2D eigenvalue weighted by molar-refractivity contribution is 0.464. The Morgan fingerprint density at radius 2 is 1.79 bits per heavy atom. The second kappa shape index (κ2) is 7.25. The van der Waals surface area contributed by atoms with E-state index in [4.69, 9.17) is 33.7 Å². The van der Waals surface area contributed by atoms with Crippen molar-refractivity contribution in [3.05, 3.63) is 63.3 Å². The minimum absolute atomic E-state index is 0.243. The number of nitrogens with zero attached hydrogens (tertiary/aromatic N) is 2. The molecule has 24 heavy (non-hydrogen) atoms. The summed E-state index contributed by atoms with van der Waals surface area (Å²) in [5.41, 5.74) is 6.95. The Kier molecular flexibility index (Phi) is 5.08. The van der Waals surface area contributed by atoms with Crippen molar-refractivity contribution in [1.29, 1.82) is 0 Å². The zero-order valence-corrected chi connectivity index (χ0v) is 15.2. The van der Waals surface area contributed by atoms with Gasteiger partial charge in [0, 0.05) is 4.47 Å². The van der Waals surface area contributed by atoms with E-state index in [2.05, 4.69) is 31.2 Å². The van der Waals surface area contributed by atoms with Crippen LogP contribution in [0.5, 0.6) is 11.6 Å². The van der Waals surface area contributed by atoms with Crippen LogP contribution >= 0.6 is 39.1 Å². The van der Waals surface area contributed by atoms with Gasteiger partial charge in [0.25, 0.3) is 0 Å². The topological polar surface area (TPSA) is 73.1 Å². The molecule has 8 heteroatoms. The number of nitrogen functional groups attached to an aromatic ring is 1. The SMILES string of the molecule is Nc1c(Nc2cccc(Cl)c2Cl)ncnc1Oc1ccc(Br)cc1. The summed E-state index contributed by atoms with van der Waals surface area (Å²) in [6, 6.07) is 12.5. The van der Waals surface area contributed by atoms with E-state index in [9.17, 15) is 0 Å². The maximum atomic E-state index is 6.17. The molecule has 0 unspecified atom stereocenters. The molecule has 5 nitrogen and oxygen atoms in total. The fourth-order valence-corrected chi connectivity index (χ4v) is 2.51. The average Bonchev–Trinajstić information content (AvgIpc) is 2.57. The molecule has 0 radical (unpaired) electrons. The molecule has 3 aromatic rings. The molecular weight excluding hydrogens is 415 g/mol. The molecule has 3 rings (SSSR count). The fourth-order valence-electron chi connectivity index (χ4n) is 1.90. The molecule has 0 aliphatic carbocycles. The van der Waals surface area contributed by atoms with Gasteiger partial charge in [-0.2, -0.15) is 4.98 Å². The maximum Gasteiger partial charge on any atom is 0.248 e. The first-order chi connectivity index (χ1) is 11.5. The number of hydrogen-bond acceptors (Lipinski definition) is 5. The van der Waals surface area contributed by atoms with Crippen LogP contribution in [-0.2, 0) is 0 Å². The van der Waals surface area contributed by atoms with E-state index in [1.165, 1.54) is 6.33 Å². The van der Waals surface area contributed by atoms with Crippen molar-refractivity contribution in [2.75, 3.05) is 11.1 Å². The van der Waals surface area contributed by atoms with Crippen molar-refractivity contribution in [1.82, 2.24) is 9.97 Å². The van der Waals surface area contributed by atoms with Gasteiger partial charge in [-0.1, -0.05) is 45.2 Å². The number of nitrogens with two attached hydrogens (primary N) is 1. The lowest BCUT2D eigenvalue weighted by atomic mass is 10.3. The number of anilines is 3. The molecule has 1 aromatic heterocycles. The number of aromatic nitrogens is 2. The van der Waals surface area contributed by atoms with Crippen LogP contribution in [0.25, 0.3) is 0 Å². The minimum Gasteiger partial charge on any atom is -0.437 e. The smallest absolute Gasteiger partial charge is 0.248 e. The van der Waals surface area contributed by atoms with Crippen LogP contribution in [0.2, 0.25) is 10.0 Å². The van der Waals surface area contributed by atoms with Crippen molar-refractivity contribution < 1.29 is 4.74 Å². The van der Waals surface area contributed by atoms with E-state index in [1.807, 2.05) is 12.1 Å². The lowest BCUT2D eigenvalue weighted by Crippen LogP contribution is -2.03. The predicted octanol–water partition coefficient (Wildman–Crippen LogP) is 5.66. The summed E-state index contributed by atoms with van der Waals surface area (Å²) in [4.78, 5) is 8.19. The molecule has 122 valence electrons. The molecule has 0 spiro atoms. The molecule has 0 aliphatic rings. The molecular formula is C16H11BrCl2N4O. The number of nitrogens with one attached hydrogen (secondary N) is 1. The third-order valence-electron chi connectivity index (χ3n) is 3.08. The number of benzene rings is 2. The maximum absolute atomic E-state index is 6.17. The van der Waals surface area contributed by atoms with Crippen LogP contribution in [0, 0.1) is 0 Å². The van der Waals surface area contributed by atoms with Gasteiger partial charge in [0.1, 0.15) is 17.8 Å². The minimum atomic E-state index is 0.243. The van der Waals surface area contributed by atoms with E-state index in [1.54, 1.807) is 30.3 Å². The second-order valence-electron chi connectivity index (χ2n) is 4.72. The molecule has 3 N–H and O–H groups in total. The van der Waals surface area contributed by atoms with E-state index in [0.717, 1.165) is 4.47 Å². The summed E-state index contributed by atoms with van der Waals surface area (Å²) in [6.45, 7) is 0. The van der Waals surface area contributed by atoms with Gasteiger partial charge >= 0.3 is 0 Å². The number of ether oxygens (including phenoxy) is 1. The van der Waals surface area contributed by atoms with Crippen molar-refractivity contribution in [2.45, 2.75) is 0 Å². The standard InChI is InChI=1S/C16H11BrCl2N4O/c17-9-4-6-10(7-5-9)24-16-14(20)15(21-8-22-16)23-12-3-1-2-11(18)13(12)19/h1-8H,20H2,(H,21,22,23). The summed E-state index contributed by atoms with van der Waals surface area (Å²) in [6.07, 6.45) is 1.35. The zero-order chi connectivity index (χ0) is 17.1. The summed E-state index contributed by atoms with van der Waals surface area (Å²) in [7, 11) is 0. The van der Waals surface area contributed by atoms with Gasteiger partial charge < -0.3 is 15.8 Å². The van der Waals surface area contributed by atoms with Gasteiger partial charge in [0.15, 0.2) is 5.82 Å². The molecule has 0 fully saturated rings. The van der Waals surface area contributed by atoms with E-state index in [-0.39, 0.29) is 11.6 Å². The Balaban J connectivity index is 1.88. The van der Waals surface area contributed by atoms with Crippen LogP contribution in [0.15, 0.2) is 53.3 Å². The third-order valence-corrected chi connectivity index (χ3v) is 4.43. The van der Waals surface area contributed by atoms with Crippen LogP contribution in [0.4, 0.5) is 17.2 Å². The van der Waals surface area contributed by atoms with Gasteiger partial charge in [0.2, 0.25) is 5.88 Å². The number of halogens is 3. The first kappa shape index (κ1) is 16.8. The molecule has 0 amide bonds. The highest BCUT2D eigenvalue weighted by molar-refractivity contribution is 9.10. The first-order valence-corrected chi connectivity index (χ1v) is 8.34. The lowest BCUT2D eigenvalue weighted by Gasteiger charge is -2.13. The van der Waals surface area contributed by atoms with E-state index in [0.29, 0.717) is 27.3 Å². The highest BCUT2D eigenvalue weighted by Gasteiger charge is 2.12. The van der Waals surface area contributed by atoms with Gasteiger partial charge in [-0.25, -0.2) is 4.98 Å². The average molecular weight is 426 g/mol. The van der Waals surface area contributed by atoms with E-state index >= 15 is 0 Å². The van der Waals surface area contributed by atoms with Crippen LogP contribution < -0.4 is 15.8 Å². The molecule has 0 bridgehead atoms. The monoisotopic (exact) mass is 424 g/mol. The van der Waals surface area contributed by atoms with Crippen LogP contribution in [0.3, 0.4) is 0 Å². The normalized spacial score (nSPS) is 10.5. The van der Waals surface area contributed by atoms with Gasteiger partial charge in [-0.05, 0) is 36.4 Å². The molecule has 0 saturated carbocycles. The summed E-state index contributed by atoms with van der Waals surface area (Å²) in [5, 5.41) is 3.85. The Morgan fingerprint density at radius 1 is 1.04 bits per heavy atom. The molecule has 0 atom stereocenters. The second-order valence-corrected chi connectivity index (χ2v) is 6.42. The number of rotatable bonds is 4. The molecule has 2 aromatic carbocycles. The molecule has 0 saturated heterocycles. The van der Waals surface area contributed by atoms with Gasteiger partial charge in [-0.15, -0.1) is 0 Å². The first-order valence-electron chi connectivity index (χ1n) is 6.79. The van der Waals surface area contributed by atoms with Crippen molar-refractivity contribution in [3.8, 4) is 11.6 Å². The highest BCUT2D eigenvalue weighted by Crippen LogP contribution is 2.35. The fraction of sp³-hybridized carbons (Fsp3) is 0. The van der Waals surface area contributed by atoms with Crippen molar-refractivity contribution in [3.63, 3.8) is 0 Å². The largest absolute Gasteiger partial charge is 0.437 e. The molecule has 0 aliphatic heterocycles. The van der Waals surface area contributed by atoms with Gasteiger partial charge in [0.05, 0.1) is 15.7 Å². The predicted molar refractivity (Wildman–Crippen MR) is 100 cm³/mol. The van der Waals surface area contributed by atoms with Crippen LogP contribution in [-0.4, -0.2) is 9.97 Å². The summed E-state index contributed by atoms with van der Waals surface area (Å²) in [5.74, 6) is 1.23. The Labute approximate surface area is 156 Å². The van der Waals surface area contributed by atoms with Gasteiger partial charge in [-0.3, -0.25) is 0 Å². The Hall–Kier alpha value is -2.02. The Bertz CT molecular complexity index is 874. The molecule has 1 heterocycles. The number of hydrogen-bond donors (Lipinski definition) is 2. The van der Waals surface area contributed by atoms with E-state index < -0.39 is 0 Å². The summed E-state index contributed by atoms with van der Waals surface area (Å²) >= 11 is 15.5. The van der Waals surface area contributed by atoms with Crippen LogP contribution in [0.1, 0.15) is 0 Å². The summed E-state index contributed by atoms with van der Waals surface area (Å²) < 4.78 is 6.65. The van der Waals surface area contributed by atoms with Crippen molar-refractivity contribution >= 4 is 56.3 Å². The zero-order valence-electron chi connectivity index (χ0n) is 12.1. The van der Waals surface area contributed by atoms with Crippen molar-refractivity contribution in [2.24, 2.45) is 0 Å².